The van der Waals surface area contributed by atoms with Crippen LogP contribution in [0.5, 0.6) is 0 Å². The van der Waals surface area contributed by atoms with Crippen LogP contribution in [-0.2, 0) is 17.9 Å². The lowest BCUT2D eigenvalue weighted by molar-refractivity contribution is -0.118. The van der Waals surface area contributed by atoms with Crippen molar-refractivity contribution in [2.24, 2.45) is 0 Å². The van der Waals surface area contributed by atoms with Crippen LogP contribution in [0.25, 0.3) is 0 Å². The average Bonchev–Trinajstić information content (AvgIpc) is 2.61. The zero-order valence-electron chi connectivity index (χ0n) is 7.79. The molecule has 0 unspecified atom stereocenters. The maximum Gasteiger partial charge on any atom is 0.257 e. The number of carbonyl (C=O) groups is 1. The van der Waals surface area contributed by atoms with Gasteiger partial charge in [-0.1, -0.05) is 0 Å². The zero-order chi connectivity index (χ0) is 11.3. The van der Waals surface area contributed by atoms with Gasteiger partial charge in [0.2, 0.25) is 5.91 Å². The van der Waals surface area contributed by atoms with Crippen LogP contribution in [0, 0.1) is 0 Å². The van der Waals surface area contributed by atoms with Crippen LogP contribution in [-0.4, -0.2) is 28.0 Å². The van der Waals surface area contributed by atoms with E-state index in [1.165, 1.54) is 6.20 Å². The Morgan fingerprint density at radius 2 is 2.40 bits per heavy atom. The fourth-order valence-electron chi connectivity index (χ4n) is 1.04. The lowest BCUT2D eigenvalue weighted by Gasteiger charge is -2.07. The van der Waals surface area contributed by atoms with Crippen LogP contribution in [0.3, 0.4) is 0 Å². The molecule has 0 aliphatic carbocycles. The van der Waals surface area contributed by atoms with Gasteiger partial charge in [-0.2, -0.15) is 5.10 Å². The molecular weight excluding hydrogens is 228 g/mol. The molecule has 0 atom stereocenters. The number of hydrogen-bond donors (Lipinski definition) is 1. The third-order valence-corrected chi connectivity index (χ3v) is 1.95. The summed E-state index contributed by atoms with van der Waals surface area (Å²) in [4.78, 5) is 10.8. The number of amides is 1. The summed E-state index contributed by atoms with van der Waals surface area (Å²) in [6.45, 7) is -0.322. The van der Waals surface area contributed by atoms with E-state index in [2.05, 4.69) is 10.4 Å². The molecule has 0 saturated carbocycles. The highest BCUT2D eigenvalue weighted by molar-refractivity contribution is 6.27. The lowest BCUT2D eigenvalue weighted by Crippen LogP contribution is -2.25. The van der Waals surface area contributed by atoms with Crippen molar-refractivity contribution in [3.05, 3.63) is 18.0 Å². The summed E-state index contributed by atoms with van der Waals surface area (Å²) in [7, 11) is 0. The van der Waals surface area contributed by atoms with E-state index in [0.717, 1.165) is 4.68 Å². The molecule has 1 aromatic heterocycles. The second-order valence-corrected chi connectivity index (χ2v) is 3.07. The smallest absolute Gasteiger partial charge is 0.257 e. The first-order valence-electron chi connectivity index (χ1n) is 4.25. The van der Waals surface area contributed by atoms with Gasteiger partial charge >= 0.3 is 0 Å². The molecule has 1 rings (SSSR count). The molecule has 0 aliphatic heterocycles. The van der Waals surface area contributed by atoms with Crippen molar-refractivity contribution < 1.29 is 13.6 Å². The van der Waals surface area contributed by atoms with Gasteiger partial charge in [-0.05, 0) is 6.07 Å². The van der Waals surface area contributed by atoms with E-state index in [-0.39, 0.29) is 18.3 Å². The second-order valence-electron chi connectivity index (χ2n) is 2.81. The van der Waals surface area contributed by atoms with Gasteiger partial charge in [-0.3, -0.25) is 9.48 Å². The molecular formula is C8H10ClF2N3O. The molecule has 1 N–H and O–H groups in total. The Balaban J connectivity index is 2.53. The number of aromatic nitrogens is 2. The molecule has 1 heterocycles. The van der Waals surface area contributed by atoms with Crippen LogP contribution in [0.15, 0.2) is 12.3 Å². The molecule has 0 aromatic carbocycles. The Morgan fingerprint density at radius 1 is 1.67 bits per heavy atom. The Kier molecular flexibility index (Phi) is 4.48. The first-order chi connectivity index (χ1) is 7.13. The van der Waals surface area contributed by atoms with Crippen LogP contribution in [0.4, 0.5) is 8.78 Å². The highest BCUT2D eigenvalue weighted by atomic mass is 35.5. The molecule has 1 aromatic rings. The minimum Gasteiger partial charge on any atom is -0.349 e. The van der Waals surface area contributed by atoms with Gasteiger partial charge in [-0.15, -0.1) is 11.6 Å². The Labute approximate surface area is 90.2 Å². The van der Waals surface area contributed by atoms with Crippen LogP contribution >= 0.6 is 11.6 Å². The normalized spacial score (nSPS) is 10.7. The standard InChI is InChI=1S/C8H10ClF2N3O/c9-3-8(15)12-4-6-1-2-13-14(6)5-7(10)11/h1-2,7H,3-5H2,(H,12,15). The minimum atomic E-state index is -2.47. The van der Waals surface area contributed by atoms with Gasteiger partial charge in [0.15, 0.2) is 0 Å². The van der Waals surface area contributed by atoms with E-state index in [1.54, 1.807) is 6.07 Å². The molecule has 7 heteroatoms. The number of nitrogens with zero attached hydrogens (tertiary/aromatic N) is 2. The number of hydrogen-bond acceptors (Lipinski definition) is 2. The molecule has 0 saturated heterocycles. The van der Waals surface area contributed by atoms with Crippen molar-refractivity contribution >= 4 is 17.5 Å². The van der Waals surface area contributed by atoms with Crippen molar-refractivity contribution in [3.63, 3.8) is 0 Å². The Hall–Kier alpha value is -1.17. The average molecular weight is 238 g/mol. The number of rotatable bonds is 5. The molecule has 15 heavy (non-hydrogen) atoms. The van der Waals surface area contributed by atoms with Gasteiger partial charge in [0, 0.05) is 6.20 Å². The van der Waals surface area contributed by atoms with Crippen molar-refractivity contribution in [2.45, 2.75) is 19.5 Å². The molecule has 0 aliphatic rings. The molecule has 1 amide bonds. The number of halogens is 3. The van der Waals surface area contributed by atoms with Gasteiger partial charge < -0.3 is 5.32 Å². The van der Waals surface area contributed by atoms with Crippen molar-refractivity contribution in [1.82, 2.24) is 15.1 Å². The summed E-state index contributed by atoms with van der Waals surface area (Å²) in [6, 6.07) is 1.57. The van der Waals surface area contributed by atoms with E-state index in [0.29, 0.717) is 5.69 Å². The number of carbonyl (C=O) groups excluding carboxylic acids is 1. The molecule has 0 bridgehead atoms. The maximum absolute atomic E-state index is 12.1. The van der Waals surface area contributed by atoms with E-state index < -0.39 is 13.0 Å². The van der Waals surface area contributed by atoms with Crippen molar-refractivity contribution in [2.75, 3.05) is 5.88 Å². The molecule has 0 fully saturated rings. The first kappa shape index (κ1) is 11.9. The molecule has 0 spiro atoms. The highest BCUT2D eigenvalue weighted by Crippen LogP contribution is 2.03. The van der Waals surface area contributed by atoms with E-state index in [4.69, 9.17) is 11.6 Å². The lowest BCUT2D eigenvalue weighted by atomic mass is 10.4. The van der Waals surface area contributed by atoms with Gasteiger partial charge in [0.1, 0.15) is 12.4 Å². The predicted molar refractivity (Wildman–Crippen MR) is 50.8 cm³/mol. The fraction of sp³-hybridized carbons (Fsp3) is 0.500. The van der Waals surface area contributed by atoms with Gasteiger partial charge in [-0.25, -0.2) is 8.78 Å². The number of nitrogens with one attached hydrogen (secondary N) is 1. The topological polar surface area (TPSA) is 46.9 Å². The quantitative estimate of drug-likeness (QED) is 0.777. The Morgan fingerprint density at radius 3 is 3.00 bits per heavy atom. The molecule has 84 valence electrons. The second kappa shape index (κ2) is 5.65. The summed E-state index contributed by atoms with van der Waals surface area (Å²) in [5.74, 6) is -0.496. The largest absolute Gasteiger partial charge is 0.349 e. The van der Waals surface area contributed by atoms with Crippen LogP contribution in [0.2, 0.25) is 0 Å². The molecule has 4 nitrogen and oxygen atoms in total. The first-order valence-corrected chi connectivity index (χ1v) is 4.78. The summed E-state index contributed by atoms with van der Waals surface area (Å²) >= 11 is 5.26. The SMILES string of the molecule is O=C(CCl)NCc1ccnn1CC(F)F. The predicted octanol–water partition coefficient (Wildman–Crippen LogP) is 1.00. The Bertz CT molecular complexity index is 329. The third kappa shape index (κ3) is 3.83. The summed E-state index contributed by atoms with van der Waals surface area (Å²) < 4.78 is 25.3. The number of alkyl halides is 3. The summed E-state index contributed by atoms with van der Waals surface area (Å²) in [5.41, 5.74) is 0.522. The van der Waals surface area contributed by atoms with Crippen LogP contribution < -0.4 is 5.32 Å². The summed E-state index contributed by atoms with van der Waals surface area (Å²) in [5, 5.41) is 6.18. The fourth-order valence-corrected chi connectivity index (χ4v) is 1.14. The van der Waals surface area contributed by atoms with Crippen LogP contribution in [0.1, 0.15) is 5.69 Å². The van der Waals surface area contributed by atoms with E-state index in [1.807, 2.05) is 0 Å². The van der Waals surface area contributed by atoms with E-state index >= 15 is 0 Å². The van der Waals surface area contributed by atoms with Gasteiger partial charge in [0.05, 0.1) is 12.2 Å². The van der Waals surface area contributed by atoms with Crippen molar-refractivity contribution in [3.8, 4) is 0 Å². The maximum atomic E-state index is 12.1. The molecule has 0 radical (unpaired) electrons. The summed E-state index contributed by atoms with van der Waals surface area (Å²) in [6.07, 6.45) is -1.06. The minimum absolute atomic E-state index is 0.150. The third-order valence-electron chi connectivity index (χ3n) is 1.70. The van der Waals surface area contributed by atoms with Crippen molar-refractivity contribution in [1.29, 1.82) is 0 Å². The van der Waals surface area contributed by atoms with Gasteiger partial charge in [0.25, 0.3) is 6.43 Å². The monoisotopic (exact) mass is 237 g/mol. The van der Waals surface area contributed by atoms with E-state index in [9.17, 15) is 13.6 Å². The zero-order valence-corrected chi connectivity index (χ0v) is 8.55. The highest BCUT2D eigenvalue weighted by Gasteiger charge is 2.09.